The molecule has 25 heavy (non-hydrogen) atoms. The maximum absolute atomic E-state index is 12.6. The van der Waals surface area contributed by atoms with Gasteiger partial charge in [0.2, 0.25) is 0 Å². The molecule has 2 saturated heterocycles. The summed E-state index contributed by atoms with van der Waals surface area (Å²) in [6.45, 7) is 7.31. The molecule has 3 unspecified atom stereocenters. The fraction of sp³-hybridized carbons (Fsp3) is 0.824. The van der Waals surface area contributed by atoms with Crippen LogP contribution in [0.25, 0.3) is 0 Å². The van der Waals surface area contributed by atoms with E-state index in [4.69, 9.17) is 4.74 Å². The van der Waals surface area contributed by atoms with Gasteiger partial charge >= 0.3 is 18.1 Å². The highest BCUT2D eigenvalue weighted by Gasteiger charge is 2.50. The number of rotatable bonds is 3. The predicted octanol–water partition coefficient (Wildman–Crippen LogP) is 1.75. The molecule has 0 saturated carbocycles. The van der Waals surface area contributed by atoms with Crippen LogP contribution in [-0.4, -0.2) is 71.8 Å². The molecule has 2 heterocycles. The summed E-state index contributed by atoms with van der Waals surface area (Å²) in [6, 6.07) is -1.41. The second-order valence-electron chi connectivity index (χ2n) is 8.04. The average molecular weight is 355 g/mol. The topological polar surface area (TPSA) is 99.2 Å². The van der Waals surface area contributed by atoms with Gasteiger partial charge in [-0.1, -0.05) is 20.8 Å². The highest BCUT2D eigenvalue weighted by atomic mass is 16.6. The smallest absolute Gasteiger partial charge is 0.410 e. The molecule has 2 N–H and O–H groups in total. The number of piperidine rings is 1. The third kappa shape index (κ3) is 4.55. The Morgan fingerprint density at radius 2 is 1.96 bits per heavy atom. The Hall–Kier alpha value is -1.99. The van der Waals surface area contributed by atoms with E-state index in [-0.39, 0.29) is 30.0 Å². The van der Waals surface area contributed by atoms with Crippen molar-refractivity contribution in [2.45, 2.75) is 52.1 Å². The number of amides is 3. The molecule has 8 nitrogen and oxygen atoms in total. The number of carboxylic acids is 1. The summed E-state index contributed by atoms with van der Waals surface area (Å²) in [5.41, 5.74) is 0.0286. The molecule has 2 aliphatic rings. The van der Waals surface area contributed by atoms with Crippen LogP contribution in [0.15, 0.2) is 0 Å². The van der Waals surface area contributed by atoms with Crippen molar-refractivity contribution in [2.75, 3.05) is 26.7 Å². The summed E-state index contributed by atoms with van der Waals surface area (Å²) in [5, 5.41) is 12.1. The van der Waals surface area contributed by atoms with Crippen LogP contribution < -0.4 is 5.32 Å². The SMILES string of the molecule is CNC(=O)N1CCC2CC(C(=O)O)N(C(=O)OCCC(C)(C)C)C2C1. The Balaban J connectivity index is 2.09. The fourth-order valence-corrected chi connectivity index (χ4v) is 3.55. The molecule has 2 fully saturated rings. The molecule has 8 heteroatoms. The van der Waals surface area contributed by atoms with E-state index in [9.17, 15) is 19.5 Å². The highest BCUT2D eigenvalue weighted by molar-refractivity contribution is 5.81. The van der Waals surface area contributed by atoms with Crippen molar-refractivity contribution in [3.05, 3.63) is 0 Å². The maximum Gasteiger partial charge on any atom is 0.410 e. The standard InChI is InChI=1S/C17H29N3O5/c1-17(2,3)6-8-25-16(24)20-12(14(21)22)9-11-5-7-19(10-13(11)20)15(23)18-4/h11-13H,5-10H2,1-4H3,(H,18,23)(H,21,22). The lowest BCUT2D eigenvalue weighted by atomic mass is 9.91. The van der Waals surface area contributed by atoms with Crippen LogP contribution in [-0.2, 0) is 9.53 Å². The molecule has 0 bridgehead atoms. The lowest BCUT2D eigenvalue weighted by Gasteiger charge is -2.38. The first-order valence-electron chi connectivity index (χ1n) is 8.78. The summed E-state index contributed by atoms with van der Waals surface area (Å²) in [4.78, 5) is 39.0. The maximum atomic E-state index is 12.6. The monoisotopic (exact) mass is 355 g/mol. The fourth-order valence-electron chi connectivity index (χ4n) is 3.55. The third-order valence-corrected chi connectivity index (χ3v) is 5.02. The zero-order valence-electron chi connectivity index (χ0n) is 15.4. The molecule has 0 radical (unpaired) electrons. The number of carboxylic acid groups (broad SMARTS) is 1. The number of likely N-dealkylation sites (tertiary alicyclic amines) is 2. The highest BCUT2D eigenvalue weighted by Crippen LogP contribution is 2.36. The van der Waals surface area contributed by atoms with Crippen LogP contribution in [0.2, 0.25) is 0 Å². The molecule has 0 aromatic heterocycles. The van der Waals surface area contributed by atoms with Gasteiger partial charge < -0.3 is 20.1 Å². The molecule has 3 atom stereocenters. The van der Waals surface area contributed by atoms with E-state index < -0.39 is 18.1 Å². The lowest BCUT2D eigenvalue weighted by molar-refractivity contribution is -0.142. The van der Waals surface area contributed by atoms with Crippen LogP contribution >= 0.6 is 0 Å². The lowest BCUT2D eigenvalue weighted by Crippen LogP contribution is -2.55. The molecule has 0 spiro atoms. The Kier molecular flexibility index (Phi) is 5.80. The van der Waals surface area contributed by atoms with Crippen LogP contribution in [0, 0.1) is 11.3 Å². The predicted molar refractivity (Wildman–Crippen MR) is 91.2 cm³/mol. The van der Waals surface area contributed by atoms with Crippen molar-refractivity contribution in [3.8, 4) is 0 Å². The first-order valence-corrected chi connectivity index (χ1v) is 8.78. The Bertz CT molecular complexity index is 531. The molecule has 3 amide bonds. The Labute approximate surface area is 148 Å². The van der Waals surface area contributed by atoms with Gasteiger partial charge in [0.15, 0.2) is 0 Å². The van der Waals surface area contributed by atoms with E-state index in [2.05, 4.69) is 26.1 Å². The Morgan fingerprint density at radius 1 is 1.28 bits per heavy atom. The number of nitrogens with zero attached hydrogens (tertiary/aromatic N) is 2. The summed E-state index contributed by atoms with van der Waals surface area (Å²) in [6.07, 6.45) is 1.20. The van der Waals surface area contributed by atoms with Crippen molar-refractivity contribution in [1.82, 2.24) is 15.1 Å². The molecule has 2 rings (SSSR count). The third-order valence-electron chi connectivity index (χ3n) is 5.02. The number of carbonyl (C=O) groups excluding carboxylic acids is 2. The molecule has 0 aliphatic carbocycles. The van der Waals surface area contributed by atoms with Gasteiger partial charge in [0.1, 0.15) is 6.04 Å². The molecular formula is C17H29N3O5. The van der Waals surface area contributed by atoms with Gasteiger partial charge in [-0.05, 0) is 30.6 Å². The number of aliphatic carboxylic acids is 1. The van der Waals surface area contributed by atoms with Gasteiger partial charge in [-0.25, -0.2) is 14.4 Å². The van der Waals surface area contributed by atoms with Crippen molar-refractivity contribution < 1.29 is 24.2 Å². The van der Waals surface area contributed by atoms with E-state index in [1.54, 1.807) is 11.9 Å². The second-order valence-corrected chi connectivity index (χ2v) is 8.04. The van der Waals surface area contributed by atoms with E-state index in [1.165, 1.54) is 4.90 Å². The summed E-state index contributed by atoms with van der Waals surface area (Å²) in [7, 11) is 1.56. The first-order chi connectivity index (χ1) is 11.6. The normalized spacial score (nSPS) is 26.2. The van der Waals surface area contributed by atoms with E-state index >= 15 is 0 Å². The minimum Gasteiger partial charge on any atom is -0.480 e. The molecule has 0 aromatic carbocycles. The van der Waals surface area contributed by atoms with Gasteiger partial charge in [0, 0.05) is 20.1 Å². The number of hydrogen-bond donors (Lipinski definition) is 2. The number of ether oxygens (including phenoxy) is 1. The number of urea groups is 1. The van der Waals surface area contributed by atoms with Crippen molar-refractivity contribution in [1.29, 1.82) is 0 Å². The minimum absolute atomic E-state index is 0.0286. The van der Waals surface area contributed by atoms with Gasteiger partial charge in [0.05, 0.1) is 12.6 Å². The molecule has 0 aromatic rings. The number of nitrogens with one attached hydrogen (secondary N) is 1. The number of fused-ring (bicyclic) bond motifs is 1. The number of carbonyl (C=O) groups is 3. The van der Waals surface area contributed by atoms with Crippen LogP contribution in [0.4, 0.5) is 9.59 Å². The largest absolute Gasteiger partial charge is 0.480 e. The van der Waals surface area contributed by atoms with Crippen molar-refractivity contribution in [2.24, 2.45) is 11.3 Å². The van der Waals surface area contributed by atoms with Gasteiger partial charge in [0.25, 0.3) is 0 Å². The zero-order chi connectivity index (χ0) is 18.8. The average Bonchev–Trinajstić information content (AvgIpc) is 2.91. The van der Waals surface area contributed by atoms with Crippen LogP contribution in [0.1, 0.15) is 40.0 Å². The van der Waals surface area contributed by atoms with E-state index in [1.807, 2.05) is 0 Å². The minimum atomic E-state index is -1.02. The van der Waals surface area contributed by atoms with Gasteiger partial charge in [-0.15, -0.1) is 0 Å². The molecule has 2 aliphatic heterocycles. The van der Waals surface area contributed by atoms with Crippen LogP contribution in [0.5, 0.6) is 0 Å². The second kappa shape index (κ2) is 7.49. The molecular weight excluding hydrogens is 326 g/mol. The summed E-state index contributed by atoms with van der Waals surface area (Å²) >= 11 is 0. The van der Waals surface area contributed by atoms with Gasteiger partial charge in [-0.2, -0.15) is 0 Å². The zero-order valence-corrected chi connectivity index (χ0v) is 15.4. The summed E-state index contributed by atoms with van der Waals surface area (Å²) in [5.74, 6) is -0.939. The summed E-state index contributed by atoms with van der Waals surface area (Å²) < 4.78 is 5.36. The van der Waals surface area contributed by atoms with Crippen LogP contribution in [0.3, 0.4) is 0 Å². The van der Waals surface area contributed by atoms with E-state index in [0.29, 0.717) is 32.4 Å². The van der Waals surface area contributed by atoms with E-state index in [0.717, 1.165) is 0 Å². The quantitative estimate of drug-likeness (QED) is 0.803. The molecule has 142 valence electrons. The van der Waals surface area contributed by atoms with Crippen molar-refractivity contribution in [3.63, 3.8) is 0 Å². The Morgan fingerprint density at radius 3 is 2.52 bits per heavy atom. The van der Waals surface area contributed by atoms with Crippen molar-refractivity contribution >= 4 is 18.1 Å². The number of hydrogen-bond acceptors (Lipinski definition) is 4. The van der Waals surface area contributed by atoms with Gasteiger partial charge in [-0.3, -0.25) is 4.90 Å². The first kappa shape index (κ1) is 19.3.